The number of aryl methyl sites for hydroxylation is 1. The van der Waals surface area contributed by atoms with Gasteiger partial charge in [-0.3, -0.25) is 4.98 Å². The van der Waals surface area contributed by atoms with Crippen LogP contribution in [-0.2, 0) is 0 Å². The molecule has 0 amide bonds. The van der Waals surface area contributed by atoms with Crippen LogP contribution in [0.5, 0.6) is 0 Å². The average molecular weight is 197 g/mol. The molecule has 0 aliphatic rings. The highest BCUT2D eigenvalue weighted by atomic mass is 16.3. The first kappa shape index (κ1) is 11.1. The van der Waals surface area contributed by atoms with Gasteiger partial charge in [0, 0.05) is 12.3 Å². The maximum atomic E-state index is 9.62. The smallest absolute Gasteiger partial charge is 0.122 e. The van der Waals surface area contributed by atoms with E-state index in [0.29, 0.717) is 5.69 Å². The number of aliphatic hydroxyl groups excluding tert-OH is 3. The molecule has 2 atom stereocenters. The third kappa shape index (κ3) is 2.77. The Bertz CT molecular complexity index is 290. The third-order valence-electron chi connectivity index (χ3n) is 2.00. The van der Waals surface area contributed by atoms with Crippen LogP contribution in [0.1, 0.15) is 23.9 Å². The summed E-state index contributed by atoms with van der Waals surface area (Å²) in [6.07, 6.45) is -1.84. The quantitative estimate of drug-likeness (QED) is 0.643. The minimum atomic E-state index is -1.03. The lowest BCUT2D eigenvalue weighted by Gasteiger charge is -2.16. The zero-order chi connectivity index (χ0) is 10.6. The van der Waals surface area contributed by atoms with E-state index in [1.54, 1.807) is 12.1 Å². The molecule has 0 spiro atoms. The molecule has 1 rings (SSSR count). The van der Waals surface area contributed by atoms with Crippen molar-refractivity contribution in [3.05, 3.63) is 29.6 Å². The summed E-state index contributed by atoms with van der Waals surface area (Å²) in [4.78, 5) is 4.08. The van der Waals surface area contributed by atoms with Crippen molar-refractivity contribution in [2.75, 3.05) is 6.61 Å². The molecule has 4 nitrogen and oxygen atoms in total. The summed E-state index contributed by atoms with van der Waals surface area (Å²) in [7, 11) is 0. The van der Waals surface area contributed by atoms with Gasteiger partial charge in [0.15, 0.2) is 0 Å². The van der Waals surface area contributed by atoms with Crippen molar-refractivity contribution in [3.63, 3.8) is 0 Å². The van der Waals surface area contributed by atoms with Crippen LogP contribution in [0.15, 0.2) is 18.2 Å². The van der Waals surface area contributed by atoms with Gasteiger partial charge in [0.25, 0.3) is 0 Å². The van der Waals surface area contributed by atoms with E-state index in [0.717, 1.165) is 5.69 Å². The van der Waals surface area contributed by atoms with Crippen molar-refractivity contribution in [1.29, 1.82) is 0 Å². The molecule has 0 radical (unpaired) electrons. The van der Waals surface area contributed by atoms with Crippen molar-refractivity contribution < 1.29 is 15.3 Å². The van der Waals surface area contributed by atoms with E-state index in [1.165, 1.54) is 0 Å². The molecule has 0 saturated carbocycles. The minimum absolute atomic E-state index is 0.149. The monoisotopic (exact) mass is 197 g/mol. The van der Waals surface area contributed by atoms with Crippen LogP contribution in [0.4, 0.5) is 0 Å². The van der Waals surface area contributed by atoms with E-state index in [9.17, 15) is 10.2 Å². The largest absolute Gasteiger partial charge is 0.396 e. The van der Waals surface area contributed by atoms with Crippen molar-refractivity contribution in [2.45, 2.75) is 25.6 Å². The molecule has 1 heterocycles. The van der Waals surface area contributed by atoms with Gasteiger partial charge in [-0.1, -0.05) is 6.07 Å². The van der Waals surface area contributed by atoms with Crippen molar-refractivity contribution in [2.24, 2.45) is 0 Å². The van der Waals surface area contributed by atoms with Crippen LogP contribution < -0.4 is 0 Å². The summed E-state index contributed by atoms with van der Waals surface area (Å²) >= 11 is 0. The van der Waals surface area contributed by atoms with E-state index in [1.807, 2.05) is 13.0 Å². The summed E-state index contributed by atoms with van der Waals surface area (Å²) in [5.41, 5.74) is 1.23. The Kier molecular flexibility index (Phi) is 4.00. The lowest BCUT2D eigenvalue weighted by molar-refractivity contribution is 0.00186. The lowest BCUT2D eigenvalue weighted by atomic mass is 10.1. The zero-order valence-electron chi connectivity index (χ0n) is 8.09. The Labute approximate surface area is 82.9 Å². The normalized spacial score (nSPS) is 15.1. The van der Waals surface area contributed by atoms with Gasteiger partial charge in [-0.25, -0.2) is 0 Å². The lowest BCUT2D eigenvalue weighted by Crippen LogP contribution is -2.20. The van der Waals surface area contributed by atoms with Crippen LogP contribution in [0, 0.1) is 6.92 Å². The summed E-state index contributed by atoms with van der Waals surface area (Å²) in [5, 5.41) is 27.6. The van der Waals surface area contributed by atoms with Gasteiger partial charge >= 0.3 is 0 Å². The third-order valence-corrected chi connectivity index (χ3v) is 2.00. The van der Waals surface area contributed by atoms with Crippen LogP contribution in [-0.4, -0.2) is 33.0 Å². The Morgan fingerprint density at radius 3 is 2.64 bits per heavy atom. The fourth-order valence-corrected chi connectivity index (χ4v) is 1.22. The molecule has 0 aliphatic carbocycles. The van der Waals surface area contributed by atoms with Gasteiger partial charge < -0.3 is 15.3 Å². The fourth-order valence-electron chi connectivity index (χ4n) is 1.22. The Hall–Kier alpha value is -0.970. The van der Waals surface area contributed by atoms with Crippen LogP contribution in [0.2, 0.25) is 0 Å². The average Bonchev–Trinajstić information content (AvgIpc) is 2.17. The first-order valence-corrected chi connectivity index (χ1v) is 4.55. The fraction of sp³-hybridized carbons (Fsp3) is 0.500. The van der Waals surface area contributed by atoms with Gasteiger partial charge in [0.2, 0.25) is 0 Å². The van der Waals surface area contributed by atoms with E-state index in [2.05, 4.69) is 4.98 Å². The molecule has 0 bridgehead atoms. The topological polar surface area (TPSA) is 73.6 Å². The Balaban J connectivity index is 2.73. The van der Waals surface area contributed by atoms with Crippen molar-refractivity contribution in [1.82, 2.24) is 4.98 Å². The number of hydrogen-bond donors (Lipinski definition) is 3. The molecule has 78 valence electrons. The highest BCUT2D eigenvalue weighted by Gasteiger charge is 2.18. The van der Waals surface area contributed by atoms with E-state index in [-0.39, 0.29) is 13.0 Å². The number of aliphatic hydroxyl groups is 3. The van der Waals surface area contributed by atoms with Crippen molar-refractivity contribution >= 4 is 0 Å². The number of hydrogen-bond acceptors (Lipinski definition) is 4. The van der Waals surface area contributed by atoms with Crippen LogP contribution >= 0.6 is 0 Å². The van der Waals surface area contributed by atoms with E-state index < -0.39 is 12.2 Å². The molecular formula is C10H15NO3. The second-order valence-electron chi connectivity index (χ2n) is 3.23. The predicted octanol–water partition coefficient (Wildman–Crippen LogP) is 0.167. The van der Waals surface area contributed by atoms with E-state index in [4.69, 9.17) is 5.11 Å². The first-order valence-electron chi connectivity index (χ1n) is 4.55. The summed E-state index contributed by atoms with van der Waals surface area (Å²) < 4.78 is 0. The van der Waals surface area contributed by atoms with Gasteiger partial charge in [-0.15, -0.1) is 0 Å². The molecule has 0 fully saturated rings. The Morgan fingerprint density at radius 1 is 1.36 bits per heavy atom. The van der Waals surface area contributed by atoms with Gasteiger partial charge in [-0.05, 0) is 25.5 Å². The highest BCUT2D eigenvalue weighted by Crippen LogP contribution is 2.16. The maximum Gasteiger partial charge on any atom is 0.122 e. The highest BCUT2D eigenvalue weighted by molar-refractivity contribution is 5.12. The number of aromatic nitrogens is 1. The molecule has 0 aromatic carbocycles. The number of rotatable bonds is 4. The molecule has 4 heteroatoms. The van der Waals surface area contributed by atoms with Gasteiger partial charge in [0.05, 0.1) is 11.8 Å². The maximum absolute atomic E-state index is 9.62. The molecular weight excluding hydrogens is 182 g/mol. The summed E-state index contributed by atoms with van der Waals surface area (Å²) in [6.45, 7) is 1.67. The predicted molar refractivity (Wildman–Crippen MR) is 51.6 cm³/mol. The first-order chi connectivity index (χ1) is 6.65. The summed E-state index contributed by atoms with van der Waals surface area (Å²) in [5.74, 6) is 0. The van der Waals surface area contributed by atoms with Gasteiger partial charge in [0.1, 0.15) is 6.10 Å². The van der Waals surface area contributed by atoms with E-state index >= 15 is 0 Å². The SMILES string of the molecule is Cc1cccc(C(O)C(O)CCO)n1. The minimum Gasteiger partial charge on any atom is -0.396 e. The second-order valence-corrected chi connectivity index (χ2v) is 3.23. The van der Waals surface area contributed by atoms with Crippen LogP contribution in [0.25, 0.3) is 0 Å². The summed E-state index contributed by atoms with van der Waals surface area (Å²) in [6, 6.07) is 5.24. The second kappa shape index (κ2) is 5.05. The Morgan fingerprint density at radius 2 is 2.07 bits per heavy atom. The number of pyridine rings is 1. The molecule has 1 aromatic heterocycles. The zero-order valence-corrected chi connectivity index (χ0v) is 8.09. The molecule has 14 heavy (non-hydrogen) atoms. The van der Waals surface area contributed by atoms with Gasteiger partial charge in [-0.2, -0.15) is 0 Å². The molecule has 1 aromatic rings. The molecule has 0 aliphatic heterocycles. The van der Waals surface area contributed by atoms with Crippen LogP contribution in [0.3, 0.4) is 0 Å². The molecule has 3 N–H and O–H groups in total. The molecule has 0 saturated heterocycles. The standard InChI is InChI=1S/C10H15NO3/c1-7-3-2-4-8(11-7)10(14)9(13)5-6-12/h2-4,9-10,12-14H,5-6H2,1H3. The van der Waals surface area contributed by atoms with Crippen molar-refractivity contribution in [3.8, 4) is 0 Å². The number of nitrogens with zero attached hydrogens (tertiary/aromatic N) is 1. The molecule has 2 unspecified atom stereocenters.